The number of primary amides is 1. The molecule has 6 nitrogen and oxygen atoms in total. The first-order valence-corrected chi connectivity index (χ1v) is 6.19. The molecule has 0 saturated carbocycles. The Morgan fingerprint density at radius 1 is 1.32 bits per heavy atom. The number of anilines is 2. The van der Waals surface area contributed by atoms with Gasteiger partial charge in [0.05, 0.1) is 11.3 Å². The van der Waals surface area contributed by atoms with E-state index in [1.54, 1.807) is 17.0 Å². The Labute approximate surface area is 111 Å². The molecule has 102 valence electrons. The van der Waals surface area contributed by atoms with Crippen LogP contribution in [0.1, 0.15) is 29.6 Å². The van der Waals surface area contributed by atoms with Crippen molar-refractivity contribution in [1.82, 2.24) is 0 Å². The van der Waals surface area contributed by atoms with E-state index in [4.69, 9.17) is 11.5 Å². The van der Waals surface area contributed by atoms with Crippen molar-refractivity contribution in [3.8, 4) is 0 Å². The Hall–Kier alpha value is -2.24. The molecular formula is C13H17N3O3. The van der Waals surface area contributed by atoms with E-state index in [1.165, 1.54) is 6.07 Å². The SMILES string of the molecule is NC(=O)C1CCCCN1c1ccc(N)cc1C(=O)O. The van der Waals surface area contributed by atoms with E-state index in [0.29, 0.717) is 24.3 Å². The molecule has 19 heavy (non-hydrogen) atoms. The van der Waals surface area contributed by atoms with Gasteiger partial charge in [0.25, 0.3) is 0 Å². The largest absolute Gasteiger partial charge is 0.478 e. The molecule has 5 N–H and O–H groups in total. The third kappa shape index (κ3) is 2.62. The topological polar surface area (TPSA) is 110 Å². The lowest BCUT2D eigenvalue weighted by Gasteiger charge is -2.36. The van der Waals surface area contributed by atoms with Crippen LogP contribution in [0, 0.1) is 0 Å². The van der Waals surface area contributed by atoms with Crippen LogP contribution in [0.15, 0.2) is 18.2 Å². The van der Waals surface area contributed by atoms with Gasteiger partial charge in [0.15, 0.2) is 0 Å². The zero-order valence-corrected chi connectivity index (χ0v) is 10.5. The van der Waals surface area contributed by atoms with Crippen LogP contribution < -0.4 is 16.4 Å². The second kappa shape index (κ2) is 5.17. The van der Waals surface area contributed by atoms with Crippen molar-refractivity contribution in [1.29, 1.82) is 0 Å². The van der Waals surface area contributed by atoms with Crippen molar-refractivity contribution in [2.24, 2.45) is 5.73 Å². The maximum absolute atomic E-state index is 11.5. The number of carboxylic acids is 1. The summed E-state index contributed by atoms with van der Waals surface area (Å²) in [5, 5.41) is 9.25. The van der Waals surface area contributed by atoms with Gasteiger partial charge >= 0.3 is 5.97 Å². The Morgan fingerprint density at radius 2 is 2.05 bits per heavy atom. The van der Waals surface area contributed by atoms with E-state index in [2.05, 4.69) is 0 Å². The molecule has 2 rings (SSSR count). The molecule has 0 aromatic heterocycles. The van der Waals surface area contributed by atoms with Crippen molar-refractivity contribution in [2.75, 3.05) is 17.2 Å². The molecule has 0 bridgehead atoms. The summed E-state index contributed by atoms with van der Waals surface area (Å²) in [5.41, 5.74) is 12.0. The Kier molecular flexibility index (Phi) is 3.59. The van der Waals surface area contributed by atoms with E-state index in [9.17, 15) is 14.7 Å². The summed E-state index contributed by atoms with van der Waals surface area (Å²) in [6, 6.07) is 4.23. The molecule has 1 unspecified atom stereocenters. The molecule has 6 heteroatoms. The number of nitrogens with two attached hydrogens (primary N) is 2. The summed E-state index contributed by atoms with van der Waals surface area (Å²) in [6.45, 7) is 0.623. The summed E-state index contributed by atoms with van der Waals surface area (Å²) in [5.74, 6) is -1.48. The van der Waals surface area contributed by atoms with E-state index in [0.717, 1.165) is 12.8 Å². The van der Waals surface area contributed by atoms with Crippen molar-refractivity contribution in [2.45, 2.75) is 25.3 Å². The number of amides is 1. The van der Waals surface area contributed by atoms with Gasteiger partial charge in [-0.2, -0.15) is 0 Å². The lowest BCUT2D eigenvalue weighted by atomic mass is 9.99. The predicted octanol–water partition coefficient (Wildman–Crippen LogP) is 0.811. The van der Waals surface area contributed by atoms with Crippen molar-refractivity contribution < 1.29 is 14.7 Å². The molecule has 1 aromatic carbocycles. The molecule has 1 saturated heterocycles. The number of carboxylic acid groups (broad SMARTS) is 1. The fourth-order valence-electron chi connectivity index (χ4n) is 2.49. The Morgan fingerprint density at radius 3 is 2.68 bits per heavy atom. The molecule has 1 fully saturated rings. The number of nitrogen functional groups attached to an aromatic ring is 1. The monoisotopic (exact) mass is 263 g/mol. The molecule has 0 spiro atoms. The van der Waals surface area contributed by atoms with Crippen LogP contribution in [0.5, 0.6) is 0 Å². The van der Waals surface area contributed by atoms with E-state index in [1.807, 2.05) is 0 Å². The first kappa shape index (κ1) is 13.2. The second-order valence-corrected chi connectivity index (χ2v) is 4.69. The van der Waals surface area contributed by atoms with Crippen LogP contribution >= 0.6 is 0 Å². The second-order valence-electron chi connectivity index (χ2n) is 4.69. The number of nitrogens with zero attached hydrogens (tertiary/aromatic N) is 1. The molecule has 1 aliphatic heterocycles. The zero-order chi connectivity index (χ0) is 14.0. The van der Waals surface area contributed by atoms with Gasteiger partial charge in [-0.1, -0.05) is 0 Å². The van der Waals surface area contributed by atoms with Crippen LogP contribution in [0.25, 0.3) is 0 Å². The van der Waals surface area contributed by atoms with E-state index >= 15 is 0 Å². The average Bonchev–Trinajstić information content (AvgIpc) is 2.38. The smallest absolute Gasteiger partial charge is 0.337 e. The summed E-state index contributed by atoms with van der Waals surface area (Å²) in [6.07, 6.45) is 2.48. The highest BCUT2D eigenvalue weighted by molar-refractivity contribution is 5.97. The number of aromatic carboxylic acids is 1. The van der Waals surface area contributed by atoms with E-state index in [-0.39, 0.29) is 5.56 Å². The van der Waals surface area contributed by atoms with Crippen LogP contribution in [0.4, 0.5) is 11.4 Å². The normalized spacial score (nSPS) is 19.2. The summed E-state index contributed by atoms with van der Waals surface area (Å²) in [4.78, 5) is 24.6. The molecule has 1 aliphatic rings. The minimum absolute atomic E-state index is 0.105. The van der Waals surface area contributed by atoms with Gasteiger partial charge in [-0.3, -0.25) is 4.79 Å². The highest BCUT2D eigenvalue weighted by Gasteiger charge is 2.29. The number of rotatable bonds is 3. The van der Waals surface area contributed by atoms with Gasteiger partial charge < -0.3 is 21.5 Å². The van der Waals surface area contributed by atoms with Gasteiger partial charge in [-0.05, 0) is 37.5 Å². The van der Waals surface area contributed by atoms with E-state index < -0.39 is 17.9 Å². The van der Waals surface area contributed by atoms with Crippen LogP contribution in [0.2, 0.25) is 0 Å². The highest BCUT2D eigenvalue weighted by atomic mass is 16.4. The fourth-order valence-corrected chi connectivity index (χ4v) is 2.49. The predicted molar refractivity (Wildman–Crippen MR) is 72.0 cm³/mol. The fraction of sp³-hybridized carbons (Fsp3) is 0.385. The van der Waals surface area contributed by atoms with Gasteiger partial charge in [0.1, 0.15) is 6.04 Å². The van der Waals surface area contributed by atoms with Crippen LogP contribution in [-0.4, -0.2) is 29.6 Å². The first-order chi connectivity index (χ1) is 9.00. The molecule has 0 radical (unpaired) electrons. The van der Waals surface area contributed by atoms with Crippen molar-refractivity contribution >= 4 is 23.3 Å². The summed E-state index contributed by atoms with van der Waals surface area (Å²) in [7, 11) is 0. The zero-order valence-electron chi connectivity index (χ0n) is 10.5. The lowest BCUT2D eigenvalue weighted by Crippen LogP contribution is -2.48. The highest BCUT2D eigenvalue weighted by Crippen LogP contribution is 2.29. The minimum Gasteiger partial charge on any atom is -0.478 e. The molecule has 1 atom stereocenters. The van der Waals surface area contributed by atoms with Crippen LogP contribution in [-0.2, 0) is 4.79 Å². The maximum Gasteiger partial charge on any atom is 0.337 e. The lowest BCUT2D eigenvalue weighted by molar-refractivity contribution is -0.119. The number of hydrogen-bond acceptors (Lipinski definition) is 4. The first-order valence-electron chi connectivity index (χ1n) is 6.19. The molecular weight excluding hydrogens is 246 g/mol. The molecule has 1 heterocycles. The van der Waals surface area contributed by atoms with Crippen molar-refractivity contribution in [3.05, 3.63) is 23.8 Å². The maximum atomic E-state index is 11.5. The number of hydrogen-bond donors (Lipinski definition) is 3. The molecule has 0 aliphatic carbocycles. The Balaban J connectivity index is 2.44. The van der Waals surface area contributed by atoms with Gasteiger partial charge in [0.2, 0.25) is 5.91 Å². The van der Waals surface area contributed by atoms with Gasteiger partial charge in [-0.15, -0.1) is 0 Å². The Bertz CT molecular complexity index is 516. The van der Waals surface area contributed by atoms with Crippen molar-refractivity contribution in [3.63, 3.8) is 0 Å². The quantitative estimate of drug-likeness (QED) is 0.699. The van der Waals surface area contributed by atoms with Gasteiger partial charge in [-0.25, -0.2) is 4.79 Å². The third-order valence-electron chi connectivity index (χ3n) is 3.39. The number of carbonyl (C=O) groups is 2. The minimum atomic E-state index is -1.06. The van der Waals surface area contributed by atoms with Crippen LogP contribution in [0.3, 0.4) is 0 Å². The number of carbonyl (C=O) groups excluding carboxylic acids is 1. The number of benzene rings is 1. The average molecular weight is 263 g/mol. The summed E-state index contributed by atoms with van der Waals surface area (Å²) >= 11 is 0. The standard InChI is InChI=1S/C13H17N3O3/c14-8-4-5-10(9(7-8)13(18)19)16-6-2-1-3-11(16)12(15)17/h4-5,7,11H,1-3,6,14H2,(H2,15,17)(H,18,19). The molecule has 1 aromatic rings. The number of piperidine rings is 1. The molecule has 1 amide bonds. The van der Waals surface area contributed by atoms with Gasteiger partial charge in [0, 0.05) is 12.2 Å². The third-order valence-corrected chi connectivity index (χ3v) is 3.39. The summed E-state index contributed by atoms with van der Waals surface area (Å²) < 4.78 is 0.